The van der Waals surface area contributed by atoms with Crippen molar-refractivity contribution in [3.05, 3.63) is 57.5 Å². The highest BCUT2D eigenvalue weighted by Crippen LogP contribution is 2.28. The van der Waals surface area contributed by atoms with Crippen molar-refractivity contribution in [2.45, 2.75) is 13.0 Å². The maximum absolute atomic E-state index is 11.9. The molecule has 0 saturated heterocycles. The average Bonchev–Trinajstić information content (AvgIpc) is 2.57. The van der Waals surface area contributed by atoms with Crippen molar-refractivity contribution >= 4 is 52.4 Å². The highest BCUT2D eigenvalue weighted by molar-refractivity contribution is 6.35. The van der Waals surface area contributed by atoms with Crippen LogP contribution >= 0.6 is 34.8 Å². The number of esters is 1. The van der Waals surface area contributed by atoms with Gasteiger partial charge in [-0.15, -0.1) is 0 Å². The fourth-order valence-electron chi connectivity index (χ4n) is 1.79. The molecule has 1 atom stereocenters. The van der Waals surface area contributed by atoms with Gasteiger partial charge in [-0.25, -0.2) is 4.79 Å². The van der Waals surface area contributed by atoms with Gasteiger partial charge in [-0.3, -0.25) is 4.79 Å². The second-order valence-electron chi connectivity index (χ2n) is 5.00. The molecule has 2 aromatic carbocycles. The van der Waals surface area contributed by atoms with Gasteiger partial charge in [0.2, 0.25) is 0 Å². The quantitative estimate of drug-likeness (QED) is 0.717. The Bertz CT molecular complexity index is 765. The van der Waals surface area contributed by atoms with E-state index in [-0.39, 0.29) is 5.02 Å². The van der Waals surface area contributed by atoms with Crippen molar-refractivity contribution in [3.63, 3.8) is 0 Å². The summed E-state index contributed by atoms with van der Waals surface area (Å²) in [7, 11) is 0. The number of anilines is 1. The summed E-state index contributed by atoms with van der Waals surface area (Å²) in [5.74, 6) is -0.884. The lowest BCUT2D eigenvalue weighted by atomic mass is 10.3. The zero-order valence-electron chi connectivity index (χ0n) is 13.1. The van der Waals surface area contributed by atoms with Crippen LogP contribution in [0.2, 0.25) is 15.1 Å². The van der Waals surface area contributed by atoms with Gasteiger partial charge in [0.1, 0.15) is 5.75 Å². The number of benzene rings is 2. The fraction of sp³-hybridized carbons (Fsp3) is 0.176. The molecule has 0 aliphatic rings. The minimum atomic E-state index is -0.943. The molecule has 0 bridgehead atoms. The molecule has 0 aliphatic heterocycles. The molecule has 0 aliphatic carbocycles. The van der Waals surface area contributed by atoms with Gasteiger partial charge in [0.15, 0.2) is 12.7 Å². The van der Waals surface area contributed by atoms with Crippen LogP contribution in [0.15, 0.2) is 42.5 Å². The molecule has 8 heteroatoms. The summed E-state index contributed by atoms with van der Waals surface area (Å²) in [6.45, 7) is 1.05. The first-order chi connectivity index (χ1) is 11.8. The summed E-state index contributed by atoms with van der Waals surface area (Å²) < 4.78 is 10.3. The number of halogens is 3. The summed E-state index contributed by atoms with van der Waals surface area (Å²) in [6.07, 6.45) is -0.943. The summed E-state index contributed by atoms with van der Waals surface area (Å²) in [5, 5.41) is 3.85. The number of amides is 1. The fourth-order valence-corrected chi connectivity index (χ4v) is 2.37. The predicted molar refractivity (Wildman–Crippen MR) is 97.6 cm³/mol. The largest absolute Gasteiger partial charge is 0.477 e. The molecule has 0 radical (unpaired) electrons. The number of carbonyl (C=O) groups excluding carboxylic acids is 2. The second kappa shape index (κ2) is 8.94. The predicted octanol–water partition coefficient (Wildman–Crippen LogP) is 4.60. The lowest BCUT2D eigenvalue weighted by Gasteiger charge is -2.15. The molecule has 1 N–H and O–H groups in total. The van der Waals surface area contributed by atoms with Crippen LogP contribution in [0.1, 0.15) is 6.92 Å². The van der Waals surface area contributed by atoms with E-state index >= 15 is 0 Å². The van der Waals surface area contributed by atoms with E-state index in [9.17, 15) is 9.59 Å². The van der Waals surface area contributed by atoms with Gasteiger partial charge in [-0.1, -0.05) is 34.8 Å². The number of hydrogen-bond acceptors (Lipinski definition) is 4. The smallest absolute Gasteiger partial charge is 0.347 e. The Morgan fingerprint density at radius 1 is 1.04 bits per heavy atom. The third-order valence-electron chi connectivity index (χ3n) is 3.00. The third kappa shape index (κ3) is 6.12. The van der Waals surface area contributed by atoms with E-state index in [1.165, 1.54) is 13.0 Å². The summed E-state index contributed by atoms with van der Waals surface area (Å²) >= 11 is 17.5. The maximum atomic E-state index is 11.9. The number of hydrogen-bond donors (Lipinski definition) is 1. The van der Waals surface area contributed by atoms with Gasteiger partial charge >= 0.3 is 5.97 Å². The average molecular weight is 403 g/mol. The number of nitrogens with one attached hydrogen (secondary N) is 1. The Morgan fingerprint density at radius 3 is 2.32 bits per heavy atom. The van der Waals surface area contributed by atoms with Crippen molar-refractivity contribution in [1.29, 1.82) is 0 Å². The van der Waals surface area contributed by atoms with Crippen molar-refractivity contribution in [1.82, 2.24) is 0 Å². The van der Waals surface area contributed by atoms with Crippen LogP contribution < -0.4 is 10.1 Å². The second-order valence-corrected chi connectivity index (χ2v) is 6.28. The van der Waals surface area contributed by atoms with E-state index in [0.29, 0.717) is 21.5 Å². The molecule has 0 fully saturated rings. The molecule has 132 valence electrons. The lowest BCUT2D eigenvalue weighted by molar-refractivity contribution is -0.153. The van der Waals surface area contributed by atoms with Crippen LogP contribution in [0.4, 0.5) is 5.69 Å². The molecule has 0 heterocycles. The van der Waals surface area contributed by atoms with E-state index in [1.807, 2.05) is 0 Å². The van der Waals surface area contributed by atoms with E-state index in [2.05, 4.69) is 5.32 Å². The molecule has 0 unspecified atom stereocenters. The van der Waals surface area contributed by atoms with Gasteiger partial charge in [0, 0.05) is 15.7 Å². The number of carbonyl (C=O) groups is 2. The molecular formula is C17H14Cl3NO4. The molecular weight excluding hydrogens is 389 g/mol. The number of ether oxygens (including phenoxy) is 2. The molecule has 2 aromatic rings. The van der Waals surface area contributed by atoms with Crippen LogP contribution in [0.3, 0.4) is 0 Å². The van der Waals surface area contributed by atoms with Gasteiger partial charge in [-0.2, -0.15) is 0 Å². The Kier molecular flexibility index (Phi) is 6.93. The Morgan fingerprint density at radius 2 is 1.68 bits per heavy atom. The molecule has 0 spiro atoms. The van der Waals surface area contributed by atoms with E-state index in [0.717, 1.165) is 0 Å². The van der Waals surface area contributed by atoms with Crippen LogP contribution in [0.25, 0.3) is 0 Å². The lowest BCUT2D eigenvalue weighted by Crippen LogP contribution is -2.29. The maximum Gasteiger partial charge on any atom is 0.347 e. The highest BCUT2D eigenvalue weighted by atomic mass is 35.5. The van der Waals surface area contributed by atoms with Crippen molar-refractivity contribution in [2.24, 2.45) is 0 Å². The zero-order chi connectivity index (χ0) is 18.4. The minimum Gasteiger partial charge on any atom is -0.477 e. The number of rotatable bonds is 6. The first kappa shape index (κ1) is 19.4. The Balaban J connectivity index is 1.82. The normalized spacial score (nSPS) is 11.5. The Hall–Kier alpha value is -1.95. The third-order valence-corrected chi connectivity index (χ3v) is 3.79. The molecule has 25 heavy (non-hydrogen) atoms. The van der Waals surface area contributed by atoms with E-state index in [1.54, 1.807) is 36.4 Å². The van der Waals surface area contributed by atoms with Gasteiger partial charge in [0.25, 0.3) is 5.91 Å². The van der Waals surface area contributed by atoms with Crippen LogP contribution in [-0.2, 0) is 14.3 Å². The summed E-state index contributed by atoms with van der Waals surface area (Å²) in [4.78, 5) is 23.7. The monoisotopic (exact) mass is 401 g/mol. The summed E-state index contributed by atoms with van der Waals surface area (Å²) in [5.41, 5.74) is 0.544. The van der Waals surface area contributed by atoms with Crippen molar-refractivity contribution < 1.29 is 19.1 Å². The zero-order valence-corrected chi connectivity index (χ0v) is 15.4. The standard InChI is InChI=1S/C17H14Cl3NO4/c1-10(25-15-7-4-12(19)8-14(15)20)17(23)24-9-16(22)21-13-5-2-11(18)3-6-13/h2-8,10H,9H2,1H3,(H,21,22)/t10-/m0/s1. The minimum absolute atomic E-state index is 0.271. The van der Waals surface area contributed by atoms with Crippen molar-refractivity contribution in [2.75, 3.05) is 11.9 Å². The van der Waals surface area contributed by atoms with E-state index in [4.69, 9.17) is 44.3 Å². The summed E-state index contributed by atoms with van der Waals surface area (Å²) in [6, 6.07) is 11.2. The van der Waals surface area contributed by atoms with Crippen molar-refractivity contribution in [3.8, 4) is 5.75 Å². The van der Waals surface area contributed by atoms with Gasteiger partial charge < -0.3 is 14.8 Å². The van der Waals surface area contributed by atoms with Crippen LogP contribution in [0, 0.1) is 0 Å². The first-order valence-electron chi connectivity index (χ1n) is 7.19. The highest BCUT2D eigenvalue weighted by Gasteiger charge is 2.19. The molecule has 5 nitrogen and oxygen atoms in total. The first-order valence-corrected chi connectivity index (χ1v) is 8.32. The topological polar surface area (TPSA) is 64.6 Å². The molecule has 2 rings (SSSR count). The molecule has 0 aromatic heterocycles. The SMILES string of the molecule is C[C@H](Oc1ccc(Cl)cc1Cl)C(=O)OCC(=O)Nc1ccc(Cl)cc1. The Labute approximate surface area is 159 Å². The van der Waals surface area contributed by atoms with Crippen LogP contribution in [0.5, 0.6) is 5.75 Å². The van der Waals surface area contributed by atoms with E-state index < -0.39 is 24.6 Å². The van der Waals surface area contributed by atoms with Crippen LogP contribution in [-0.4, -0.2) is 24.6 Å². The van der Waals surface area contributed by atoms with Gasteiger partial charge in [-0.05, 0) is 49.4 Å². The van der Waals surface area contributed by atoms with Gasteiger partial charge in [0.05, 0.1) is 5.02 Å². The molecule has 0 saturated carbocycles. The molecule has 1 amide bonds.